The average Bonchev–Trinajstić information content (AvgIpc) is 3.28. The summed E-state index contributed by atoms with van der Waals surface area (Å²) in [6, 6.07) is 4.19. The molecule has 3 fully saturated rings. The van der Waals surface area contributed by atoms with Crippen molar-refractivity contribution in [2.24, 2.45) is 17.3 Å². The van der Waals surface area contributed by atoms with Crippen molar-refractivity contribution in [2.45, 2.75) is 45.1 Å². The highest BCUT2D eigenvalue weighted by Gasteiger charge is 2.50. The van der Waals surface area contributed by atoms with Crippen molar-refractivity contribution < 1.29 is 9.53 Å². The Morgan fingerprint density at radius 3 is 2.85 bits per heavy atom. The maximum Gasteiger partial charge on any atom is 0.223 e. The summed E-state index contributed by atoms with van der Waals surface area (Å²) in [5.41, 5.74) is 1.52. The van der Waals surface area contributed by atoms with Crippen LogP contribution in [0.25, 0.3) is 0 Å². The van der Waals surface area contributed by atoms with Gasteiger partial charge in [0.25, 0.3) is 0 Å². The van der Waals surface area contributed by atoms with E-state index in [0.29, 0.717) is 11.8 Å². The Hall–Kier alpha value is -1.46. The minimum Gasteiger partial charge on any atom is -0.381 e. The van der Waals surface area contributed by atoms with Gasteiger partial charge in [-0.05, 0) is 67.7 Å². The first kappa shape index (κ1) is 17.9. The van der Waals surface area contributed by atoms with Crippen molar-refractivity contribution in [3.8, 4) is 0 Å². The van der Waals surface area contributed by atoms with Gasteiger partial charge in [-0.3, -0.25) is 14.7 Å². The van der Waals surface area contributed by atoms with Crippen molar-refractivity contribution >= 4 is 5.91 Å². The van der Waals surface area contributed by atoms with Gasteiger partial charge in [-0.1, -0.05) is 6.42 Å². The fourth-order valence-corrected chi connectivity index (χ4v) is 5.22. The van der Waals surface area contributed by atoms with Crippen LogP contribution in [0.3, 0.4) is 0 Å². The lowest BCUT2D eigenvalue weighted by Gasteiger charge is -2.31. The van der Waals surface area contributed by atoms with Crippen LogP contribution >= 0.6 is 0 Å². The summed E-state index contributed by atoms with van der Waals surface area (Å²) in [6.07, 6.45) is 10.5. The van der Waals surface area contributed by atoms with Gasteiger partial charge in [0.05, 0.1) is 0 Å². The minimum absolute atomic E-state index is 0.199. The zero-order valence-electron chi connectivity index (χ0n) is 15.7. The third kappa shape index (κ3) is 3.94. The minimum atomic E-state index is 0.199. The molecule has 0 bridgehead atoms. The number of amides is 1. The van der Waals surface area contributed by atoms with E-state index in [0.717, 1.165) is 65.1 Å². The summed E-state index contributed by atoms with van der Waals surface area (Å²) in [5, 5.41) is 3.29. The van der Waals surface area contributed by atoms with E-state index in [2.05, 4.69) is 27.3 Å². The van der Waals surface area contributed by atoms with E-state index < -0.39 is 0 Å². The molecule has 1 amide bonds. The average molecular weight is 357 g/mol. The highest BCUT2D eigenvalue weighted by atomic mass is 16.5. The number of hydrogen-bond acceptors (Lipinski definition) is 4. The number of hydrogen-bond donors (Lipinski definition) is 1. The van der Waals surface area contributed by atoms with E-state index in [4.69, 9.17) is 4.74 Å². The molecule has 3 heterocycles. The van der Waals surface area contributed by atoms with Gasteiger partial charge in [-0.2, -0.15) is 0 Å². The van der Waals surface area contributed by atoms with E-state index in [1.54, 1.807) is 0 Å². The molecular formula is C21H31N3O2. The highest BCUT2D eigenvalue weighted by Crippen LogP contribution is 2.50. The first-order valence-electron chi connectivity index (χ1n) is 10.2. The normalized spacial score (nSPS) is 30.1. The fraction of sp³-hybridized carbons (Fsp3) is 0.714. The fourth-order valence-electron chi connectivity index (χ4n) is 5.22. The molecule has 2 aliphatic heterocycles. The van der Waals surface area contributed by atoms with Gasteiger partial charge in [0.1, 0.15) is 0 Å². The molecule has 1 spiro atoms. The first-order chi connectivity index (χ1) is 12.8. The molecule has 1 aromatic rings. The monoisotopic (exact) mass is 357 g/mol. The molecule has 2 saturated heterocycles. The number of rotatable bonds is 5. The van der Waals surface area contributed by atoms with Crippen LogP contribution in [0, 0.1) is 17.3 Å². The quantitative estimate of drug-likeness (QED) is 0.880. The van der Waals surface area contributed by atoms with E-state index >= 15 is 0 Å². The molecule has 5 heteroatoms. The van der Waals surface area contributed by atoms with Gasteiger partial charge in [0.15, 0.2) is 0 Å². The maximum absolute atomic E-state index is 12.9. The van der Waals surface area contributed by atoms with Crippen molar-refractivity contribution in [2.75, 3.05) is 32.8 Å². The zero-order chi connectivity index (χ0) is 17.8. The summed E-state index contributed by atoms with van der Waals surface area (Å²) in [4.78, 5) is 19.6. The predicted octanol–water partition coefficient (Wildman–Crippen LogP) is 2.62. The van der Waals surface area contributed by atoms with Gasteiger partial charge in [0.2, 0.25) is 5.91 Å². The molecule has 4 rings (SSSR count). The molecule has 26 heavy (non-hydrogen) atoms. The molecule has 5 nitrogen and oxygen atoms in total. The number of carbonyl (C=O) groups is 1. The van der Waals surface area contributed by atoms with Gasteiger partial charge < -0.3 is 10.1 Å². The van der Waals surface area contributed by atoms with Crippen molar-refractivity contribution in [3.05, 3.63) is 30.1 Å². The van der Waals surface area contributed by atoms with Crippen LogP contribution in [-0.4, -0.2) is 48.6 Å². The van der Waals surface area contributed by atoms with E-state index in [1.807, 2.05) is 12.4 Å². The Morgan fingerprint density at radius 1 is 1.23 bits per heavy atom. The predicted molar refractivity (Wildman–Crippen MR) is 100 cm³/mol. The van der Waals surface area contributed by atoms with E-state index in [9.17, 15) is 4.79 Å². The van der Waals surface area contributed by atoms with Gasteiger partial charge >= 0.3 is 0 Å². The van der Waals surface area contributed by atoms with Crippen LogP contribution in [0.2, 0.25) is 0 Å². The summed E-state index contributed by atoms with van der Waals surface area (Å²) < 4.78 is 5.42. The standard InChI is InChI=1S/C21H31N3O2/c25-20(23-14-17-5-12-26-13-6-17)19-2-1-7-21(19)8-11-24(16-21)15-18-3-9-22-10-4-18/h3-4,9-10,17,19H,1-2,5-8,11-16H2,(H,23,25)/t19-,21+/m0/s1. The Morgan fingerprint density at radius 2 is 2.04 bits per heavy atom. The Balaban J connectivity index is 1.33. The number of likely N-dealkylation sites (tertiary alicyclic amines) is 1. The Kier molecular flexibility index (Phi) is 5.55. The molecular weight excluding hydrogens is 326 g/mol. The molecule has 2 atom stereocenters. The summed E-state index contributed by atoms with van der Waals surface area (Å²) >= 11 is 0. The topological polar surface area (TPSA) is 54.5 Å². The highest BCUT2D eigenvalue weighted by molar-refractivity contribution is 5.80. The maximum atomic E-state index is 12.9. The summed E-state index contributed by atoms with van der Waals surface area (Å²) in [6.45, 7) is 5.66. The van der Waals surface area contributed by atoms with Crippen LogP contribution in [0.15, 0.2) is 24.5 Å². The van der Waals surface area contributed by atoms with Gasteiger partial charge in [-0.25, -0.2) is 0 Å². The number of carbonyl (C=O) groups excluding carboxylic acids is 1. The molecule has 1 aliphatic carbocycles. The van der Waals surface area contributed by atoms with Crippen LogP contribution in [0.4, 0.5) is 0 Å². The lowest BCUT2D eigenvalue weighted by molar-refractivity contribution is -0.128. The lowest BCUT2D eigenvalue weighted by Crippen LogP contribution is -2.42. The third-order valence-electron chi connectivity index (χ3n) is 6.75. The number of nitrogens with one attached hydrogen (secondary N) is 1. The van der Waals surface area contributed by atoms with Crippen molar-refractivity contribution in [1.29, 1.82) is 0 Å². The molecule has 142 valence electrons. The molecule has 1 saturated carbocycles. The second-order valence-corrected chi connectivity index (χ2v) is 8.42. The van der Waals surface area contributed by atoms with Crippen LogP contribution in [0.1, 0.15) is 44.1 Å². The largest absolute Gasteiger partial charge is 0.381 e. The smallest absolute Gasteiger partial charge is 0.223 e. The van der Waals surface area contributed by atoms with E-state index in [-0.39, 0.29) is 11.3 Å². The number of aromatic nitrogens is 1. The Bertz CT molecular complexity index is 603. The molecule has 1 aromatic heterocycles. The van der Waals surface area contributed by atoms with E-state index in [1.165, 1.54) is 18.4 Å². The van der Waals surface area contributed by atoms with Gasteiger partial charge in [-0.15, -0.1) is 0 Å². The van der Waals surface area contributed by atoms with Crippen LogP contribution < -0.4 is 5.32 Å². The number of ether oxygens (including phenoxy) is 1. The van der Waals surface area contributed by atoms with Crippen LogP contribution in [-0.2, 0) is 16.1 Å². The van der Waals surface area contributed by atoms with Gasteiger partial charge in [0, 0.05) is 51.2 Å². The second kappa shape index (κ2) is 8.05. The number of nitrogens with zero attached hydrogens (tertiary/aromatic N) is 2. The number of pyridine rings is 1. The summed E-state index contributed by atoms with van der Waals surface area (Å²) in [7, 11) is 0. The molecule has 1 N–H and O–H groups in total. The molecule has 0 aromatic carbocycles. The first-order valence-corrected chi connectivity index (χ1v) is 10.2. The third-order valence-corrected chi connectivity index (χ3v) is 6.75. The Labute approximate surface area is 156 Å². The molecule has 0 unspecified atom stereocenters. The molecule has 0 radical (unpaired) electrons. The summed E-state index contributed by atoms with van der Waals surface area (Å²) in [5.74, 6) is 1.10. The van der Waals surface area contributed by atoms with Crippen LogP contribution in [0.5, 0.6) is 0 Å². The second-order valence-electron chi connectivity index (χ2n) is 8.42. The van der Waals surface area contributed by atoms with Crippen molar-refractivity contribution in [3.63, 3.8) is 0 Å². The van der Waals surface area contributed by atoms with Crippen molar-refractivity contribution in [1.82, 2.24) is 15.2 Å². The molecule has 3 aliphatic rings. The lowest BCUT2D eigenvalue weighted by atomic mass is 9.76. The SMILES string of the molecule is O=C(NCC1CCOCC1)[C@@H]1CCC[C@]12CCN(Cc1ccncc1)C2. The zero-order valence-corrected chi connectivity index (χ0v) is 15.7.